The van der Waals surface area contributed by atoms with Crippen LogP contribution in [0.15, 0.2) is 35.8 Å². The Balaban J connectivity index is 1.91. The van der Waals surface area contributed by atoms with Crippen molar-refractivity contribution in [2.24, 2.45) is 5.92 Å². The lowest BCUT2D eigenvalue weighted by Crippen LogP contribution is -2.33. The van der Waals surface area contributed by atoms with E-state index in [2.05, 4.69) is 22.3 Å². The third kappa shape index (κ3) is 2.47. The van der Waals surface area contributed by atoms with Gasteiger partial charge in [0.2, 0.25) is 5.95 Å². The molecule has 0 spiro atoms. The Hall–Kier alpha value is -2.83. The number of hydrogen-bond donors (Lipinski definition) is 1. The third-order valence-corrected chi connectivity index (χ3v) is 4.80. The number of aromatic nitrogens is 3. The fourth-order valence-electron chi connectivity index (χ4n) is 3.68. The van der Waals surface area contributed by atoms with Gasteiger partial charge in [0.1, 0.15) is 23.9 Å². The first-order valence-electron chi connectivity index (χ1n) is 8.27. The molecule has 4 rings (SSSR count). The summed E-state index contributed by atoms with van der Waals surface area (Å²) < 4.78 is 12.6. The maximum Gasteiger partial charge on any atom is 0.226 e. The summed E-state index contributed by atoms with van der Waals surface area (Å²) in [5.74, 6) is 2.46. The molecule has 1 aromatic heterocycles. The molecule has 2 aliphatic rings. The lowest BCUT2D eigenvalue weighted by atomic mass is 9.81. The number of nitrogens with one attached hydrogen (secondary N) is 1. The Morgan fingerprint density at radius 2 is 2.08 bits per heavy atom. The monoisotopic (exact) mass is 340 g/mol. The summed E-state index contributed by atoms with van der Waals surface area (Å²) in [7, 11) is 3.23. The summed E-state index contributed by atoms with van der Waals surface area (Å²) in [5.41, 5.74) is 2.55. The second kappa shape index (κ2) is 5.91. The number of fused-ring (bicyclic) bond motifs is 1. The first-order chi connectivity index (χ1) is 12.1. The lowest BCUT2D eigenvalue weighted by Gasteiger charge is -2.34. The van der Waals surface area contributed by atoms with Gasteiger partial charge in [-0.25, -0.2) is 4.68 Å². The van der Waals surface area contributed by atoms with Gasteiger partial charge in [-0.2, -0.15) is 10.1 Å². The summed E-state index contributed by atoms with van der Waals surface area (Å²) in [5, 5.41) is 7.63. The molecule has 25 heavy (non-hydrogen) atoms. The fraction of sp³-hybridized carbons (Fsp3) is 0.389. The molecule has 1 aliphatic carbocycles. The highest BCUT2D eigenvalue weighted by atomic mass is 16.5. The number of carbonyl (C=O) groups is 1. The van der Waals surface area contributed by atoms with Gasteiger partial charge in [0, 0.05) is 29.3 Å². The van der Waals surface area contributed by atoms with Crippen molar-refractivity contribution in [1.29, 1.82) is 0 Å². The van der Waals surface area contributed by atoms with Crippen LogP contribution in [0, 0.1) is 5.92 Å². The van der Waals surface area contributed by atoms with Gasteiger partial charge in [-0.3, -0.25) is 4.79 Å². The van der Waals surface area contributed by atoms with Crippen molar-refractivity contribution >= 4 is 11.7 Å². The molecule has 1 aromatic carbocycles. The number of ketones is 1. The van der Waals surface area contributed by atoms with Gasteiger partial charge in [-0.1, -0.05) is 6.92 Å². The number of hydrogen-bond acceptors (Lipinski definition) is 6. The maximum absolute atomic E-state index is 12.9. The zero-order valence-electron chi connectivity index (χ0n) is 14.4. The molecule has 0 saturated heterocycles. The smallest absolute Gasteiger partial charge is 0.226 e. The number of nitrogens with zero attached hydrogens (tertiary/aromatic N) is 3. The minimum atomic E-state index is -0.352. The third-order valence-electron chi connectivity index (χ3n) is 4.80. The maximum atomic E-state index is 12.9. The summed E-state index contributed by atoms with van der Waals surface area (Å²) in [6, 6.07) is 5.26. The van der Waals surface area contributed by atoms with Crippen LogP contribution >= 0.6 is 0 Å². The van der Waals surface area contributed by atoms with Gasteiger partial charge in [0.25, 0.3) is 0 Å². The van der Waals surface area contributed by atoms with Gasteiger partial charge >= 0.3 is 0 Å². The molecule has 0 unspecified atom stereocenters. The van der Waals surface area contributed by atoms with E-state index in [0.717, 1.165) is 23.3 Å². The molecule has 0 bridgehead atoms. The average molecular weight is 340 g/mol. The molecule has 0 radical (unpaired) electrons. The number of ether oxygens (including phenoxy) is 2. The minimum Gasteiger partial charge on any atom is -0.497 e. The van der Waals surface area contributed by atoms with E-state index in [1.54, 1.807) is 18.9 Å². The van der Waals surface area contributed by atoms with Crippen LogP contribution < -0.4 is 14.8 Å². The summed E-state index contributed by atoms with van der Waals surface area (Å²) in [6.45, 7) is 2.09. The van der Waals surface area contributed by atoms with E-state index >= 15 is 0 Å². The van der Waals surface area contributed by atoms with Crippen LogP contribution in [-0.2, 0) is 4.79 Å². The second-order valence-electron chi connectivity index (χ2n) is 6.49. The fourth-order valence-corrected chi connectivity index (χ4v) is 3.68. The van der Waals surface area contributed by atoms with E-state index < -0.39 is 0 Å². The zero-order valence-corrected chi connectivity index (χ0v) is 14.4. The van der Waals surface area contributed by atoms with E-state index in [4.69, 9.17) is 9.47 Å². The molecule has 0 fully saturated rings. The number of methoxy groups -OCH3 is 2. The first kappa shape index (κ1) is 15.7. The molecular weight excluding hydrogens is 320 g/mol. The van der Waals surface area contributed by atoms with Crippen molar-refractivity contribution in [2.45, 2.75) is 25.8 Å². The van der Waals surface area contributed by atoms with Crippen LogP contribution in [0.25, 0.3) is 0 Å². The van der Waals surface area contributed by atoms with Gasteiger partial charge in [0.15, 0.2) is 5.78 Å². The summed E-state index contributed by atoms with van der Waals surface area (Å²) >= 11 is 0. The molecule has 7 nitrogen and oxygen atoms in total. The van der Waals surface area contributed by atoms with Crippen LogP contribution in [0.4, 0.5) is 5.95 Å². The summed E-state index contributed by atoms with van der Waals surface area (Å²) in [6.07, 6.45) is 2.86. The average Bonchev–Trinajstić information content (AvgIpc) is 3.07. The Kier molecular flexibility index (Phi) is 3.71. The van der Waals surface area contributed by atoms with E-state index in [1.165, 1.54) is 6.33 Å². The predicted molar refractivity (Wildman–Crippen MR) is 91.8 cm³/mol. The van der Waals surface area contributed by atoms with Crippen LogP contribution in [-0.4, -0.2) is 34.8 Å². The Labute approximate surface area is 145 Å². The molecule has 130 valence electrons. The van der Waals surface area contributed by atoms with Crippen LogP contribution in [0.5, 0.6) is 11.5 Å². The molecule has 2 heterocycles. The van der Waals surface area contributed by atoms with Crippen LogP contribution in [0.3, 0.4) is 0 Å². The number of carbonyl (C=O) groups excluding carboxylic acids is 1. The quantitative estimate of drug-likeness (QED) is 0.925. The summed E-state index contributed by atoms with van der Waals surface area (Å²) in [4.78, 5) is 17.1. The lowest BCUT2D eigenvalue weighted by molar-refractivity contribution is -0.117. The standard InChI is InChI=1S/C18H20N4O3/c1-10-6-13-16(14(23)7-10)17(22-18(21-13)19-9-20-22)12-5-4-11(24-2)8-15(12)25-3/h4-5,8-10,17H,6-7H2,1-3H3,(H,19,20,21)/t10-,17+/m1/s1. The highest BCUT2D eigenvalue weighted by Gasteiger charge is 2.39. The molecule has 0 amide bonds. The van der Waals surface area contributed by atoms with Crippen molar-refractivity contribution in [2.75, 3.05) is 19.5 Å². The number of allylic oxidation sites excluding steroid dienone is 2. The Morgan fingerprint density at radius 1 is 1.24 bits per heavy atom. The van der Waals surface area contributed by atoms with Crippen molar-refractivity contribution in [1.82, 2.24) is 14.8 Å². The van der Waals surface area contributed by atoms with E-state index in [1.807, 2.05) is 18.2 Å². The molecule has 1 aliphatic heterocycles. The van der Waals surface area contributed by atoms with Crippen molar-refractivity contribution in [3.8, 4) is 11.5 Å². The first-order valence-corrected chi connectivity index (χ1v) is 8.27. The SMILES string of the molecule is COc1ccc([C@H]2C3=C(C[C@@H](C)CC3=O)Nc3ncnn32)c(OC)c1. The van der Waals surface area contributed by atoms with E-state index in [0.29, 0.717) is 29.8 Å². The molecule has 7 heteroatoms. The molecular formula is C18H20N4O3. The van der Waals surface area contributed by atoms with Gasteiger partial charge < -0.3 is 14.8 Å². The van der Waals surface area contributed by atoms with E-state index in [9.17, 15) is 4.79 Å². The van der Waals surface area contributed by atoms with Gasteiger partial charge in [0.05, 0.1) is 14.2 Å². The zero-order chi connectivity index (χ0) is 17.6. The van der Waals surface area contributed by atoms with Crippen molar-refractivity contribution < 1.29 is 14.3 Å². The normalized spacial score (nSPS) is 22.1. The number of Topliss-reactive ketones (excluding diaryl/α,β-unsaturated/α-hetero) is 1. The molecule has 2 atom stereocenters. The van der Waals surface area contributed by atoms with Crippen molar-refractivity contribution in [3.05, 3.63) is 41.4 Å². The molecule has 1 N–H and O–H groups in total. The topological polar surface area (TPSA) is 78.3 Å². The number of rotatable bonds is 3. The number of anilines is 1. The molecule has 2 aromatic rings. The van der Waals surface area contributed by atoms with Crippen LogP contribution in [0.1, 0.15) is 31.4 Å². The highest BCUT2D eigenvalue weighted by Crippen LogP contribution is 2.44. The van der Waals surface area contributed by atoms with Gasteiger partial charge in [-0.15, -0.1) is 0 Å². The second-order valence-corrected chi connectivity index (χ2v) is 6.49. The largest absolute Gasteiger partial charge is 0.497 e. The van der Waals surface area contributed by atoms with Crippen molar-refractivity contribution in [3.63, 3.8) is 0 Å². The Morgan fingerprint density at radius 3 is 2.84 bits per heavy atom. The van der Waals surface area contributed by atoms with E-state index in [-0.39, 0.29) is 11.8 Å². The number of benzene rings is 1. The Bertz CT molecular complexity index is 871. The molecule has 0 saturated carbocycles. The van der Waals surface area contributed by atoms with Crippen LogP contribution in [0.2, 0.25) is 0 Å². The minimum absolute atomic E-state index is 0.144. The highest BCUT2D eigenvalue weighted by molar-refractivity contribution is 5.99. The predicted octanol–water partition coefficient (Wildman–Crippen LogP) is 2.56. The van der Waals surface area contributed by atoms with Gasteiger partial charge in [-0.05, 0) is 24.5 Å².